The largest absolute Gasteiger partial charge is 0.738 e. The van der Waals surface area contributed by atoms with Crippen LogP contribution in [0.3, 0.4) is 0 Å². The standard InChI is InChI=1S/C5H10N4O2/c1-7-4-3(6)9(10)5(8-2)11-4/h7-8H,6H2,1-2H3. The molecule has 0 aliphatic rings. The van der Waals surface area contributed by atoms with Crippen molar-refractivity contribution >= 4 is 17.7 Å². The molecule has 6 heteroatoms. The average molecular weight is 158 g/mol. The summed E-state index contributed by atoms with van der Waals surface area (Å²) in [7, 11) is 3.20. The van der Waals surface area contributed by atoms with Gasteiger partial charge in [-0.15, -0.1) is 0 Å². The molecule has 0 spiro atoms. The zero-order valence-electron chi connectivity index (χ0n) is 6.34. The topological polar surface area (TPSA) is 90.2 Å². The van der Waals surface area contributed by atoms with Gasteiger partial charge in [0.15, 0.2) is 0 Å². The molecule has 6 nitrogen and oxygen atoms in total. The number of nitrogens with zero attached hydrogens (tertiary/aromatic N) is 1. The molecule has 0 fully saturated rings. The summed E-state index contributed by atoms with van der Waals surface area (Å²) in [6.07, 6.45) is 0. The monoisotopic (exact) mass is 158 g/mol. The Hall–Kier alpha value is -1.59. The SMILES string of the molecule is CNc1oc(NC)[n+]([O-])c1N. The normalized spacial score (nSPS) is 9.64. The minimum atomic E-state index is 0.0249. The summed E-state index contributed by atoms with van der Waals surface area (Å²) in [5.74, 6) is 0.293. The minimum Gasteiger partial charge on any atom is -0.738 e. The molecule has 0 bridgehead atoms. The molecule has 0 atom stereocenters. The van der Waals surface area contributed by atoms with Crippen LogP contribution in [-0.4, -0.2) is 14.1 Å². The van der Waals surface area contributed by atoms with Crippen molar-refractivity contribution in [2.75, 3.05) is 30.5 Å². The zero-order chi connectivity index (χ0) is 8.43. The van der Waals surface area contributed by atoms with E-state index in [2.05, 4.69) is 10.6 Å². The van der Waals surface area contributed by atoms with Gasteiger partial charge in [0.1, 0.15) is 0 Å². The number of nitrogens with one attached hydrogen (secondary N) is 2. The van der Waals surface area contributed by atoms with E-state index in [0.29, 0.717) is 4.73 Å². The van der Waals surface area contributed by atoms with Crippen LogP contribution in [0.4, 0.5) is 17.7 Å². The highest BCUT2D eigenvalue weighted by atomic mass is 16.5. The fraction of sp³-hybridized carbons (Fsp3) is 0.400. The summed E-state index contributed by atoms with van der Waals surface area (Å²) < 4.78 is 5.42. The van der Waals surface area contributed by atoms with Gasteiger partial charge in [-0.05, 0) is 0 Å². The van der Waals surface area contributed by atoms with Gasteiger partial charge in [-0.2, -0.15) is 0 Å². The van der Waals surface area contributed by atoms with E-state index >= 15 is 0 Å². The highest BCUT2D eigenvalue weighted by Gasteiger charge is 2.14. The minimum absolute atomic E-state index is 0.0249. The van der Waals surface area contributed by atoms with Crippen LogP contribution in [0.15, 0.2) is 4.42 Å². The second kappa shape index (κ2) is 2.57. The Labute approximate surface area is 63.6 Å². The van der Waals surface area contributed by atoms with Crippen LogP contribution >= 0.6 is 0 Å². The first-order valence-corrected chi connectivity index (χ1v) is 3.08. The highest BCUT2D eigenvalue weighted by molar-refractivity contribution is 5.51. The van der Waals surface area contributed by atoms with Crippen LogP contribution in [-0.2, 0) is 0 Å². The van der Waals surface area contributed by atoms with Gasteiger partial charge in [-0.3, -0.25) is 5.32 Å². The number of nitrogen functional groups attached to an aromatic ring is 1. The maximum atomic E-state index is 11.0. The molecular formula is C5H10N4O2. The molecule has 0 aliphatic carbocycles. The number of hydrogen-bond acceptors (Lipinski definition) is 5. The molecule has 0 aromatic carbocycles. The van der Waals surface area contributed by atoms with Crippen molar-refractivity contribution in [3.05, 3.63) is 5.21 Å². The molecular weight excluding hydrogens is 148 g/mol. The van der Waals surface area contributed by atoms with E-state index in [1.54, 1.807) is 14.1 Å². The molecule has 0 saturated carbocycles. The Kier molecular flexibility index (Phi) is 1.75. The van der Waals surface area contributed by atoms with Crippen molar-refractivity contribution in [2.24, 2.45) is 0 Å². The molecule has 0 amide bonds. The second-order valence-corrected chi connectivity index (χ2v) is 1.92. The van der Waals surface area contributed by atoms with Crippen LogP contribution in [0.5, 0.6) is 0 Å². The molecule has 11 heavy (non-hydrogen) atoms. The molecule has 1 heterocycles. The highest BCUT2D eigenvalue weighted by Crippen LogP contribution is 2.18. The van der Waals surface area contributed by atoms with E-state index < -0.39 is 0 Å². The molecule has 1 aromatic heterocycles. The van der Waals surface area contributed by atoms with E-state index in [-0.39, 0.29) is 17.7 Å². The maximum Gasteiger partial charge on any atom is 0.399 e. The molecule has 0 aliphatic heterocycles. The molecule has 0 saturated heterocycles. The van der Waals surface area contributed by atoms with Crippen molar-refractivity contribution in [3.63, 3.8) is 0 Å². The van der Waals surface area contributed by atoms with Gasteiger partial charge >= 0.3 is 6.01 Å². The third kappa shape index (κ3) is 1.02. The van der Waals surface area contributed by atoms with Gasteiger partial charge in [0.05, 0.1) is 7.05 Å². The third-order valence-corrected chi connectivity index (χ3v) is 1.28. The number of oxazole rings is 1. The lowest BCUT2D eigenvalue weighted by Crippen LogP contribution is -2.30. The van der Waals surface area contributed by atoms with Crippen molar-refractivity contribution in [3.8, 4) is 0 Å². The Morgan fingerprint density at radius 1 is 1.45 bits per heavy atom. The van der Waals surface area contributed by atoms with E-state index in [0.717, 1.165) is 0 Å². The van der Waals surface area contributed by atoms with E-state index in [1.165, 1.54) is 0 Å². The van der Waals surface area contributed by atoms with Gasteiger partial charge in [0, 0.05) is 7.05 Å². The number of hydrogen-bond donors (Lipinski definition) is 3. The fourth-order valence-electron chi connectivity index (χ4n) is 0.724. The summed E-state index contributed by atoms with van der Waals surface area (Å²) >= 11 is 0. The first kappa shape index (κ1) is 7.52. The smallest absolute Gasteiger partial charge is 0.399 e. The van der Waals surface area contributed by atoms with Crippen LogP contribution in [0, 0.1) is 5.21 Å². The van der Waals surface area contributed by atoms with Gasteiger partial charge in [0.2, 0.25) is 0 Å². The van der Waals surface area contributed by atoms with Crippen LogP contribution < -0.4 is 21.1 Å². The maximum absolute atomic E-state index is 11.0. The predicted octanol–water partition coefficient (Wildman–Crippen LogP) is -0.421. The second-order valence-electron chi connectivity index (χ2n) is 1.92. The lowest BCUT2D eigenvalue weighted by molar-refractivity contribution is -0.577. The Morgan fingerprint density at radius 3 is 2.36 bits per heavy atom. The number of nitrogens with two attached hydrogens (primary N) is 1. The molecule has 0 unspecified atom stereocenters. The fourth-order valence-corrected chi connectivity index (χ4v) is 0.724. The molecule has 1 aromatic rings. The zero-order valence-corrected chi connectivity index (χ0v) is 6.34. The Balaban J connectivity index is 3.12. The molecule has 4 N–H and O–H groups in total. The van der Waals surface area contributed by atoms with Gasteiger partial charge in [-0.1, -0.05) is 0 Å². The summed E-state index contributed by atoms with van der Waals surface area (Å²) in [5.41, 5.74) is 5.34. The number of aromatic nitrogens is 1. The lowest BCUT2D eigenvalue weighted by Gasteiger charge is -1.99. The van der Waals surface area contributed by atoms with Crippen LogP contribution in [0.25, 0.3) is 0 Å². The van der Waals surface area contributed by atoms with Crippen molar-refractivity contribution in [1.29, 1.82) is 0 Å². The quantitative estimate of drug-likeness (QED) is 0.401. The summed E-state index contributed by atoms with van der Waals surface area (Å²) in [6.45, 7) is 0. The lowest BCUT2D eigenvalue weighted by atomic mass is 10.7. The summed E-state index contributed by atoms with van der Waals surface area (Å²) in [4.78, 5) is 0. The van der Waals surface area contributed by atoms with E-state index in [1.807, 2.05) is 0 Å². The third-order valence-electron chi connectivity index (χ3n) is 1.28. The number of rotatable bonds is 2. The van der Waals surface area contributed by atoms with Gasteiger partial charge in [0.25, 0.3) is 11.7 Å². The van der Waals surface area contributed by atoms with Gasteiger partial charge in [-0.25, -0.2) is 4.73 Å². The summed E-state index contributed by atoms with van der Waals surface area (Å²) in [6, 6.07) is 0.0758. The van der Waals surface area contributed by atoms with E-state index in [4.69, 9.17) is 10.2 Å². The predicted molar refractivity (Wildman–Crippen MR) is 41.2 cm³/mol. The van der Waals surface area contributed by atoms with Crippen molar-refractivity contribution < 1.29 is 9.15 Å². The number of anilines is 3. The van der Waals surface area contributed by atoms with Crippen LogP contribution in [0.2, 0.25) is 0 Å². The first-order valence-electron chi connectivity index (χ1n) is 3.08. The van der Waals surface area contributed by atoms with Gasteiger partial charge < -0.3 is 20.7 Å². The van der Waals surface area contributed by atoms with Crippen molar-refractivity contribution in [2.45, 2.75) is 0 Å². The molecule has 1 rings (SSSR count). The average Bonchev–Trinajstić information content (AvgIpc) is 2.30. The van der Waals surface area contributed by atoms with Crippen LogP contribution in [0.1, 0.15) is 0 Å². The van der Waals surface area contributed by atoms with Crippen molar-refractivity contribution in [1.82, 2.24) is 0 Å². The summed E-state index contributed by atoms with van der Waals surface area (Å²) in [5, 5.41) is 16.2. The molecule has 62 valence electrons. The molecule has 0 radical (unpaired) electrons. The first-order chi connectivity index (χ1) is 5.20. The Morgan fingerprint density at radius 2 is 2.09 bits per heavy atom. The van der Waals surface area contributed by atoms with E-state index in [9.17, 15) is 5.21 Å². The Bertz CT molecular complexity index is 233.